The van der Waals surface area contributed by atoms with E-state index in [0.717, 1.165) is 11.1 Å². The van der Waals surface area contributed by atoms with Crippen LogP contribution < -0.4 is 5.32 Å². The lowest BCUT2D eigenvalue weighted by Gasteiger charge is -2.08. The van der Waals surface area contributed by atoms with Crippen molar-refractivity contribution in [2.75, 3.05) is 0 Å². The van der Waals surface area contributed by atoms with Gasteiger partial charge in [-0.05, 0) is 29.3 Å². The molecule has 0 aliphatic carbocycles. The van der Waals surface area contributed by atoms with Crippen LogP contribution >= 0.6 is 35.6 Å². The molecule has 0 heterocycles. The lowest BCUT2D eigenvalue weighted by molar-refractivity contribution is 0.0697. The number of benzene rings is 2. The Hall–Kier alpha value is -1.26. The van der Waals surface area contributed by atoms with Crippen LogP contribution in [0.5, 0.6) is 0 Å². The number of rotatable bonds is 5. The van der Waals surface area contributed by atoms with E-state index in [9.17, 15) is 4.79 Å². The van der Waals surface area contributed by atoms with Crippen LogP contribution in [0.15, 0.2) is 42.5 Å². The van der Waals surface area contributed by atoms with Crippen LogP contribution in [0.4, 0.5) is 0 Å². The summed E-state index contributed by atoms with van der Waals surface area (Å²) in [5.41, 5.74) is 2.22. The fourth-order valence-electron chi connectivity index (χ4n) is 1.79. The molecule has 0 radical (unpaired) electrons. The Balaban J connectivity index is 0.00000220. The van der Waals surface area contributed by atoms with Gasteiger partial charge in [0.15, 0.2) is 0 Å². The molecular weight excluding hydrogens is 333 g/mol. The molecule has 6 heteroatoms. The van der Waals surface area contributed by atoms with Crippen molar-refractivity contribution in [3.05, 3.63) is 69.2 Å². The Morgan fingerprint density at radius 2 is 1.71 bits per heavy atom. The average molecular weight is 347 g/mol. The van der Waals surface area contributed by atoms with Crippen molar-refractivity contribution >= 4 is 41.6 Å². The van der Waals surface area contributed by atoms with Gasteiger partial charge in [-0.3, -0.25) is 0 Å². The van der Waals surface area contributed by atoms with Gasteiger partial charge in [-0.2, -0.15) is 0 Å². The summed E-state index contributed by atoms with van der Waals surface area (Å²) in [4.78, 5) is 10.7. The van der Waals surface area contributed by atoms with Crippen LogP contribution in [0.25, 0.3) is 0 Å². The Bertz CT molecular complexity index is 615. The maximum Gasteiger partial charge on any atom is 0.335 e. The summed E-state index contributed by atoms with van der Waals surface area (Å²) in [5, 5.41) is 13.2. The number of nitrogens with one attached hydrogen (secondary N) is 1. The van der Waals surface area contributed by atoms with Gasteiger partial charge in [0.2, 0.25) is 0 Å². The molecule has 2 aromatic carbocycles. The Morgan fingerprint density at radius 3 is 2.33 bits per heavy atom. The molecular formula is C15H14Cl3NO2. The molecule has 0 saturated carbocycles. The summed E-state index contributed by atoms with van der Waals surface area (Å²) in [6, 6.07) is 12.3. The molecule has 0 bridgehead atoms. The predicted octanol–water partition coefficient (Wildman–Crippen LogP) is 4.40. The first-order chi connectivity index (χ1) is 9.58. The van der Waals surface area contributed by atoms with Gasteiger partial charge in [0.05, 0.1) is 15.6 Å². The van der Waals surface area contributed by atoms with Crippen molar-refractivity contribution in [2.24, 2.45) is 0 Å². The molecule has 21 heavy (non-hydrogen) atoms. The zero-order valence-electron chi connectivity index (χ0n) is 11.0. The minimum Gasteiger partial charge on any atom is -0.478 e. The van der Waals surface area contributed by atoms with Crippen molar-refractivity contribution in [2.45, 2.75) is 13.1 Å². The second kappa shape index (κ2) is 8.25. The van der Waals surface area contributed by atoms with E-state index in [0.29, 0.717) is 23.1 Å². The van der Waals surface area contributed by atoms with Crippen molar-refractivity contribution in [3.8, 4) is 0 Å². The summed E-state index contributed by atoms with van der Waals surface area (Å²) in [6.07, 6.45) is 0. The average Bonchev–Trinajstić information content (AvgIpc) is 2.44. The monoisotopic (exact) mass is 345 g/mol. The van der Waals surface area contributed by atoms with Gasteiger partial charge in [0, 0.05) is 13.1 Å². The summed E-state index contributed by atoms with van der Waals surface area (Å²) >= 11 is 12.0. The highest BCUT2D eigenvalue weighted by molar-refractivity contribution is 6.42. The standard InChI is InChI=1S/C15H13Cl2NO2.ClH/c16-13-3-1-2-12(14(13)17)9-18-8-10-4-6-11(7-5-10)15(19)20;/h1-7,18H,8-9H2,(H,19,20);1H. The topological polar surface area (TPSA) is 49.3 Å². The van der Waals surface area contributed by atoms with Crippen molar-refractivity contribution < 1.29 is 9.90 Å². The molecule has 0 unspecified atom stereocenters. The molecule has 0 amide bonds. The highest BCUT2D eigenvalue weighted by Crippen LogP contribution is 2.25. The summed E-state index contributed by atoms with van der Waals surface area (Å²) in [6.45, 7) is 1.23. The number of aromatic carboxylic acids is 1. The van der Waals surface area contributed by atoms with Crippen LogP contribution in [0.1, 0.15) is 21.5 Å². The van der Waals surface area contributed by atoms with Crippen molar-refractivity contribution in [3.63, 3.8) is 0 Å². The molecule has 0 aromatic heterocycles. The van der Waals surface area contributed by atoms with E-state index in [-0.39, 0.29) is 18.0 Å². The maximum absolute atomic E-state index is 10.7. The van der Waals surface area contributed by atoms with Crippen LogP contribution in [0.3, 0.4) is 0 Å². The molecule has 0 fully saturated rings. The number of carbonyl (C=O) groups is 1. The molecule has 0 aliphatic rings. The molecule has 112 valence electrons. The van der Waals surface area contributed by atoms with Crippen LogP contribution in [-0.2, 0) is 13.1 Å². The van der Waals surface area contributed by atoms with E-state index in [2.05, 4.69) is 5.32 Å². The van der Waals surface area contributed by atoms with E-state index >= 15 is 0 Å². The second-order valence-corrected chi connectivity index (χ2v) is 5.10. The first-order valence-electron chi connectivity index (χ1n) is 6.04. The smallest absolute Gasteiger partial charge is 0.335 e. The van der Waals surface area contributed by atoms with Gasteiger partial charge in [-0.25, -0.2) is 4.79 Å². The zero-order valence-corrected chi connectivity index (χ0v) is 13.3. The Morgan fingerprint density at radius 1 is 1.05 bits per heavy atom. The van der Waals surface area contributed by atoms with Gasteiger partial charge >= 0.3 is 5.97 Å². The predicted molar refractivity (Wildman–Crippen MR) is 87.7 cm³/mol. The number of carboxylic acids is 1. The Labute approximate surface area is 139 Å². The maximum atomic E-state index is 10.7. The molecule has 0 aliphatic heterocycles. The van der Waals surface area contributed by atoms with Crippen molar-refractivity contribution in [1.82, 2.24) is 5.32 Å². The quantitative estimate of drug-likeness (QED) is 0.843. The SMILES string of the molecule is Cl.O=C(O)c1ccc(CNCc2cccc(Cl)c2Cl)cc1. The van der Waals surface area contributed by atoms with E-state index in [1.165, 1.54) is 0 Å². The third-order valence-electron chi connectivity index (χ3n) is 2.88. The zero-order chi connectivity index (χ0) is 14.5. The fourth-order valence-corrected chi connectivity index (χ4v) is 2.18. The highest BCUT2D eigenvalue weighted by atomic mass is 35.5. The van der Waals surface area contributed by atoms with Gasteiger partial charge in [0.1, 0.15) is 0 Å². The molecule has 2 aromatic rings. The van der Waals surface area contributed by atoms with Gasteiger partial charge in [-0.1, -0.05) is 47.5 Å². The number of hydrogen-bond donors (Lipinski definition) is 2. The summed E-state index contributed by atoms with van der Waals surface area (Å²) in [5.74, 6) is -0.921. The molecule has 0 saturated heterocycles. The van der Waals surface area contributed by atoms with E-state index in [4.69, 9.17) is 28.3 Å². The number of carboxylic acid groups (broad SMARTS) is 1. The van der Waals surface area contributed by atoms with Crippen molar-refractivity contribution in [1.29, 1.82) is 0 Å². The molecule has 2 rings (SSSR count). The fraction of sp³-hybridized carbons (Fsp3) is 0.133. The van der Waals surface area contributed by atoms with Gasteiger partial charge < -0.3 is 10.4 Å². The third-order valence-corrected chi connectivity index (χ3v) is 3.74. The minimum atomic E-state index is -0.921. The normalized spacial score (nSPS) is 10.0. The third kappa shape index (κ3) is 4.90. The Kier molecular flexibility index (Phi) is 6.99. The van der Waals surface area contributed by atoms with Gasteiger partial charge in [-0.15, -0.1) is 12.4 Å². The summed E-state index contributed by atoms with van der Waals surface area (Å²) < 4.78 is 0. The lowest BCUT2D eigenvalue weighted by atomic mass is 10.1. The minimum absolute atomic E-state index is 0. The molecule has 0 atom stereocenters. The first-order valence-corrected chi connectivity index (χ1v) is 6.79. The van der Waals surface area contributed by atoms with Crippen LogP contribution in [0.2, 0.25) is 10.0 Å². The number of halogens is 3. The van der Waals surface area contributed by atoms with Gasteiger partial charge in [0.25, 0.3) is 0 Å². The van der Waals surface area contributed by atoms with E-state index in [1.54, 1.807) is 30.3 Å². The molecule has 2 N–H and O–H groups in total. The molecule has 0 spiro atoms. The number of hydrogen-bond acceptors (Lipinski definition) is 2. The van der Waals surface area contributed by atoms with Crippen LogP contribution in [0, 0.1) is 0 Å². The lowest BCUT2D eigenvalue weighted by Crippen LogP contribution is -2.13. The first kappa shape index (κ1) is 17.8. The second-order valence-electron chi connectivity index (χ2n) is 4.32. The largest absolute Gasteiger partial charge is 0.478 e. The highest BCUT2D eigenvalue weighted by Gasteiger charge is 2.04. The van der Waals surface area contributed by atoms with E-state index < -0.39 is 5.97 Å². The van der Waals surface area contributed by atoms with E-state index in [1.807, 2.05) is 12.1 Å². The summed E-state index contributed by atoms with van der Waals surface area (Å²) in [7, 11) is 0. The van der Waals surface area contributed by atoms with Crippen LogP contribution in [-0.4, -0.2) is 11.1 Å². The molecule has 3 nitrogen and oxygen atoms in total.